The van der Waals surface area contributed by atoms with Crippen LogP contribution in [0.4, 0.5) is 34.1 Å². The average molecular weight is 641 g/mol. The van der Waals surface area contributed by atoms with E-state index in [-0.39, 0.29) is 0 Å². The standard InChI is InChI=1S/C48H36N2/c1-5-13-41(14-6-1)49(42-15-7-2-8-16-42)45-29-27-37-31-35(22-24-38(37)32-45)21-23-36-25-26-39-33-46(34-40-28-30-47(36)48(39)40)50(43-17-9-3-10-18-43)44-19-11-4-12-20-44/h1-27,29,31-34H,28,30H2/b23-21+. The van der Waals surface area contributed by atoms with Gasteiger partial charge in [-0.25, -0.2) is 0 Å². The predicted octanol–water partition coefficient (Wildman–Crippen LogP) is 13.2. The predicted molar refractivity (Wildman–Crippen MR) is 214 cm³/mol. The number of rotatable bonds is 8. The van der Waals surface area contributed by atoms with Crippen LogP contribution in [0.1, 0.15) is 22.3 Å². The molecule has 8 aromatic rings. The molecule has 1 aliphatic rings. The Labute approximate surface area is 293 Å². The Hall–Kier alpha value is -6.38. The van der Waals surface area contributed by atoms with Gasteiger partial charge in [-0.15, -0.1) is 0 Å². The summed E-state index contributed by atoms with van der Waals surface area (Å²) in [6.45, 7) is 0. The van der Waals surface area contributed by atoms with Gasteiger partial charge in [0.25, 0.3) is 0 Å². The molecule has 0 N–H and O–H groups in total. The van der Waals surface area contributed by atoms with Gasteiger partial charge in [0.15, 0.2) is 0 Å². The second-order valence-corrected chi connectivity index (χ2v) is 13.0. The minimum absolute atomic E-state index is 1.06. The maximum atomic E-state index is 2.40. The minimum Gasteiger partial charge on any atom is -0.310 e. The van der Waals surface area contributed by atoms with Gasteiger partial charge in [0.05, 0.1) is 0 Å². The zero-order valence-corrected chi connectivity index (χ0v) is 27.8. The van der Waals surface area contributed by atoms with E-state index in [2.05, 4.69) is 204 Å². The van der Waals surface area contributed by atoms with E-state index in [1.807, 2.05) is 0 Å². The van der Waals surface area contributed by atoms with Gasteiger partial charge in [-0.2, -0.15) is 0 Å². The third kappa shape index (κ3) is 5.61. The van der Waals surface area contributed by atoms with Crippen molar-refractivity contribution in [2.45, 2.75) is 12.8 Å². The molecule has 1 aliphatic carbocycles. The molecule has 0 radical (unpaired) electrons. The molecule has 0 saturated heterocycles. The van der Waals surface area contributed by atoms with Crippen LogP contribution in [-0.2, 0) is 12.8 Å². The highest BCUT2D eigenvalue weighted by molar-refractivity contribution is 5.98. The zero-order valence-electron chi connectivity index (χ0n) is 27.8. The lowest BCUT2D eigenvalue weighted by Crippen LogP contribution is -2.10. The molecule has 238 valence electrons. The highest BCUT2D eigenvalue weighted by Crippen LogP contribution is 2.42. The summed E-state index contributed by atoms with van der Waals surface area (Å²) >= 11 is 0. The molecule has 50 heavy (non-hydrogen) atoms. The fraction of sp³-hybridized carbons (Fsp3) is 0.0417. The minimum atomic E-state index is 1.06. The molecular formula is C48H36N2. The first-order valence-corrected chi connectivity index (χ1v) is 17.4. The number of hydrogen-bond donors (Lipinski definition) is 0. The van der Waals surface area contributed by atoms with Gasteiger partial charge >= 0.3 is 0 Å². The molecule has 8 aromatic carbocycles. The SMILES string of the molecule is C(=C\c1ccc2cc(N(c3ccccc3)c3ccccc3)cc3c2c1CC3)/c1ccc2cc(N(c3ccccc3)c3ccccc3)ccc2c1. The number of anilines is 6. The molecule has 0 aromatic heterocycles. The van der Waals surface area contributed by atoms with Crippen LogP contribution in [0.5, 0.6) is 0 Å². The fourth-order valence-corrected chi connectivity index (χ4v) is 7.53. The Morgan fingerprint density at radius 1 is 0.360 bits per heavy atom. The van der Waals surface area contributed by atoms with Gasteiger partial charge in [-0.1, -0.05) is 115 Å². The second kappa shape index (κ2) is 12.9. The van der Waals surface area contributed by atoms with E-state index in [9.17, 15) is 0 Å². The first kappa shape index (κ1) is 29.7. The molecule has 0 heterocycles. The molecule has 2 heteroatoms. The molecule has 0 fully saturated rings. The maximum absolute atomic E-state index is 2.40. The summed E-state index contributed by atoms with van der Waals surface area (Å²) in [6, 6.07) is 65.4. The van der Waals surface area contributed by atoms with Gasteiger partial charge in [0.1, 0.15) is 0 Å². The lowest BCUT2D eigenvalue weighted by molar-refractivity contribution is 1.02. The summed E-state index contributed by atoms with van der Waals surface area (Å²) in [4.78, 5) is 4.68. The van der Waals surface area contributed by atoms with Crippen LogP contribution >= 0.6 is 0 Å². The van der Waals surface area contributed by atoms with Crippen LogP contribution in [0.2, 0.25) is 0 Å². The molecular weight excluding hydrogens is 605 g/mol. The molecule has 2 nitrogen and oxygen atoms in total. The molecule has 0 bridgehead atoms. The Kier molecular flexibility index (Phi) is 7.68. The fourth-order valence-electron chi connectivity index (χ4n) is 7.53. The normalized spacial score (nSPS) is 12.2. The highest BCUT2D eigenvalue weighted by atomic mass is 15.1. The summed E-state index contributed by atoms with van der Waals surface area (Å²) in [5.74, 6) is 0. The molecule has 0 unspecified atom stereocenters. The smallest absolute Gasteiger partial charge is 0.0470 e. The van der Waals surface area contributed by atoms with Gasteiger partial charge in [0, 0.05) is 34.1 Å². The first-order valence-electron chi connectivity index (χ1n) is 17.4. The Morgan fingerprint density at radius 3 is 1.46 bits per heavy atom. The second-order valence-electron chi connectivity index (χ2n) is 13.0. The van der Waals surface area contributed by atoms with Crippen molar-refractivity contribution in [1.82, 2.24) is 0 Å². The average Bonchev–Trinajstić information content (AvgIpc) is 3.61. The topological polar surface area (TPSA) is 6.48 Å². The Balaban J connectivity index is 1.03. The van der Waals surface area contributed by atoms with E-state index >= 15 is 0 Å². The van der Waals surface area contributed by atoms with Crippen LogP contribution in [0.15, 0.2) is 182 Å². The third-order valence-corrected chi connectivity index (χ3v) is 9.85. The van der Waals surface area contributed by atoms with Crippen molar-refractivity contribution in [2.75, 3.05) is 9.80 Å². The van der Waals surface area contributed by atoms with Crippen LogP contribution in [0, 0.1) is 0 Å². The number of para-hydroxylation sites is 4. The van der Waals surface area contributed by atoms with Crippen LogP contribution in [-0.4, -0.2) is 0 Å². The molecule has 0 aliphatic heterocycles. The van der Waals surface area contributed by atoms with E-state index in [1.165, 1.54) is 60.9 Å². The first-order chi connectivity index (χ1) is 24.8. The van der Waals surface area contributed by atoms with Gasteiger partial charge < -0.3 is 9.80 Å². The van der Waals surface area contributed by atoms with Gasteiger partial charge in [-0.3, -0.25) is 0 Å². The Bertz CT molecular complexity index is 2390. The Morgan fingerprint density at radius 2 is 0.860 bits per heavy atom. The van der Waals surface area contributed by atoms with Gasteiger partial charge in [-0.05, 0) is 136 Å². The van der Waals surface area contributed by atoms with Crippen molar-refractivity contribution >= 4 is 67.8 Å². The van der Waals surface area contributed by atoms with Crippen LogP contribution in [0.3, 0.4) is 0 Å². The van der Waals surface area contributed by atoms with Crippen molar-refractivity contribution in [3.8, 4) is 0 Å². The molecule has 0 spiro atoms. The van der Waals surface area contributed by atoms with Crippen molar-refractivity contribution in [2.24, 2.45) is 0 Å². The van der Waals surface area contributed by atoms with E-state index in [0.29, 0.717) is 0 Å². The number of nitrogens with zero attached hydrogens (tertiary/aromatic N) is 2. The lowest BCUT2D eigenvalue weighted by atomic mass is 9.98. The van der Waals surface area contributed by atoms with Gasteiger partial charge in [0.2, 0.25) is 0 Å². The third-order valence-electron chi connectivity index (χ3n) is 9.85. The summed E-state index contributed by atoms with van der Waals surface area (Å²) in [6.07, 6.45) is 6.69. The van der Waals surface area contributed by atoms with Crippen LogP contribution < -0.4 is 9.80 Å². The van der Waals surface area contributed by atoms with Crippen molar-refractivity contribution in [3.63, 3.8) is 0 Å². The maximum Gasteiger partial charge on any atom is 0.0470 e. The summed E-state index contributed by atoms with van der Waals surface area (Å²) in [5.41, 5.74) is 12.4. The number of aryl methyl sites for hydroxylation is 2. The summed E-state index contributed by atoms with van der Waals surface area (Å²) in [7, 11) is 0. The van der Waals surface area contributed by atoms with Crippen molar-refractivity contribution in [1.29, 1.82) is 0 Å². The van der Waals surface area contributed by atoms with E-state index in [0.717, 1.165) is 29.9 Å². The van der Waals surface area contributed by atoms with E-state index < -0.39 is 0 Å². The van der Waals surface area contributed by atoms with Crippen LogP contribution in [0.25, 0.3) is 33.7 Å². The summed E-state index contributed by atoms with van der Waals surface area (Å²) in [5, 5.41) is 5.18. The number of benzene rings is 8. The van der Waals surface area contributed by atoms with Crippen molar-refractivity contribution < 1.29 is 0 Å². The summed E-state index contributed by atoms with van der Waals surface area (Å²) < 4.78 is 0. The molecule has 0 atom stereocenters. The highest BCUT2D eigenvalue weighted by Gasteiger charge is 2.21. The lowest BCUT2D eigenvalue weighted by Gasteiger charge is -2.26. The number of hydrogen-bond acceptors (Lipinski definition) is 2. The molecule has 0 amide bonds. The van der Waals surface area contributed by atoms with Crippen molar-refractivity contribution in [3.05, 3.63) is 204 Å². The largest absolute Gasteiger partial charge is 0.310 e. The molecule has 0 saturated carbocycles. The zero-order chi connectivity index (χ0) is 33.3. The number of fused-ring (bicyclic) bond motifs is 1. The van der Waals surface area contributed by atoms with E-state index in [4.69, 9.17) is 0 Å². The monoisotopic (exact) mass is 640 g/mol. The molecule has 9 rings (SSSR count). The van der Waals surface area contributed by atoms with E-state index in [1.54, 1.807) is 0 Å². The quantitative estimate of drug-likeness (QED) is 0.153.